The average molecular weight is 285 g/mol. The van der Waals surface area contributed by atoms with Crippen LogP contribution in [-0.4, -0.2) is 37.6 Å². The van der Waals surface area contributed by atoms with E-state index in [-0.39, 0.29) is 5.91 Å². The number of hydrogen-bond donors (Lipinski definition) is 1. The van der Waals surface area contributed by atoms with Crippen molar-refractivity contribution in [2.75, 3.05) is 6.54 Å². The molecule has 0 radical (unpaired) electrons. The second-order valence-corrected chi connectivity index (χ2v) is 5.74. The summed E-state index contributed by atoms with van der Waals surface area (Å²) < 4.78 is 2.04. The van der Waals surface area contributed by atoms with E-state index in [1.54, 1.807) is 24.3 Å². The van der Waals surface area contributed by atoms with E-state index in [9.17, 15) is 9.90 Å². The smallest absolute Gasteiger partial charge is 0.255 e. The van der Waals surface area contributed by atoms with E-state index < -0.39 is 5.60 Å². The van der Waals surface area contributed by atoms with Crippen LogP contribution in [0.3, 0.4) is 0 Å². The number of benzene rings is 1. The molecule has 1 aliphatic rings. The standard InChI is InChI=1S/C16H19N3O2/c1-16(21,9-13-5-3-2-4-6-13)15(20)18-7-8-19-12-17-10-14(19)11-18/h2-6,10,12,21H,7-9,11H2,1H3. The molecule has 3 rings (SSSR count). The van der Waals surface area contributed by atoms with Crippen molar-refractivity contribution in [2.24, 2.45) is 0 Å². The van der Waals surface area contributed by atoms with E-state index in [1.165, 1.54) is 0 Å². The Morgan fingerprint density at radius 3 is 2.86 bits per heavy atom. The minimum atomic E-state index is -1.39. The lowest BCUT2D eigenvalue weighted by Crippen LogP contribution is -2.50. The number of fused-ring (bicyclic) bond motifs is 1. The van der Waals surface area contributed by atoms with E-state index in [2.05, 4.69) is 4.98 Å². The molecule has 0 bridgehead atoms. The number of hydrogen-bond acceptors (Lipinski definition) is 3. The van der Waals surface area contributed by atoms with Crippen LogP contribution in [-0.2, 0) is 24.3 Å². The molecule has 0 aliphatic carbocycles. The van der Waals surface area contributed by atoms with Crippen LogP contribution in [0.2, 0.25) is 0 Å². The third-order valence-electron chi connectivity index (χ3n) is 3.90. The summed E-state index contributed by atoms with van der Waals surface area (Å²) in [6.07, 6.45) is 3.87. The Kier molecular flexibility index (Phi) is 3.51. The van der Waals surface area contributed by atoms with Gasteiger partial charge in [-0.3, -0.25) is 4.79 Å². The molecule has 0 fully saturated rings. The summed E-state index contributed by atoms with van der Waals surface area (Å²) in [7, 11) is 0. The van der Waals surface area contributed by atoms with Crippen molar-refractivity contribution in [3.63, 3.8) is 0 Å². The lowest BCUT2D eigenvalue weighted by Gasteiger charge is -2.34. The van der Waals surface area contributed by atoms with Gasteiger partial charge in [-0.2, -0.15) is 0 Å². The summed E-state index contributed by atoms with van der Waals surface area (Å²) in [5, 5.41) is 10.6. The number of rotatable bonds is 3. The van der Waals surface area contributed by atoms with Crippen molar-refractivity contribution in [3.8, 4) is 0 Å². The zero-order valence-corrected chi connectivity index (χ0v) is 12.1. The second kappa shape index (κ2) is 5.33. The average Bonchev–Trinajstić information content (AvgIpc) is 2.94. The summed E-state index contributed by atoms with van der Waals surface area (Å²) in [4.78, 5) is 18.4. The normalized spacial score (nSPS) is 17.1. The molecule has 1 amide bonds. The van der Waals surface area contributed by atoms with Crippen LogP contribution in [0, 0.1) is 0 Å². The van der Waals surface area contributed by atoms with Gasteiger partial charge in [0.2, 0.25) is 0 Å². The van der Waals surface area contributed by atoms with E-state index in [0.29, 0.717) is 19.5 Å². The molecule has 5 nitrogen and oxygen atoms in total. The molecule has 0 spiro atoms. The van der Waals surface area contributed by atoms with Crippen LogP contribution >= 0.6 is 0 Å². The van der Waals surface area contributed by atoms with Gasteiger partial charge in [0.05, 0.1) is 18.6 Å². The van der Waals surface area contributed by atoms with Gasteiger partial charge in [-0.25, -0.2) is 4.98 Å². The topological polar surface area (TPSA) is 58.4 Å². The zero-order chi connectivity index (χ0) is 14.9. The van der Waals surface area contributed by atoms with Crippen molar-refractivity contribution in [2.45, 2.75) is 32.0 Å². The van der Waals surface area contributed by atoms with Crippen molar-refractivity contribution < 1.29 is 9.90 Å². The van der Waals surface area contributed by atoms with Crippen LogP contribution in [0.5, 0.6) is 0 Å². The molecule has 1 aliphatic heterocycles. The quantitative estimate of drug-likeness (QED) is 0.922. The monoisotopic (exact) mass is 285 g/mol. The third-order valence-corrected chi connectivity index (χ3v) is 3.90. The summed E-state index contributed by atoms with van der Waals surface area (Å²) in [6.45, 7) is 3.42. The maximum absolute atomic E-state index is 12.6. The van der Waals surface area contributed by atoms with Gasteiger partial charge in [-0.15, -0.1) is 0 Å². The van der Waals surface area contributed by atoms with Crippen molar-refractivity contribution >= 4 is 5.91 Å². The number of carbonyl (C=O) groups is 1. The van der Waals surface area contributed by atoms with Crippen molar-refractivity contribution in [1.82, 2.24) is 14.5 Å². The molecule has 21 heavy (non-hydrogen) atoms. The summed E-state index contributed by atoms with van der Waals surface area (Å²) in [6, 6.07) is 9.59. The predicted octanol–water partition coefficient (Wildman–Crippen LogP) is 1.22. The predicted molar refractivity (Wildman–Crippen MR) is 78.4 cm³/mol. The number of aromatic nitrogens is 2. The fraction of sp³-hybridized carbons (Fsp3) is 0.375. The van der Waals surface area contributed by atoms with Gasteiger partial charge in [0, 0.05) is 25.7 Å². The number of nitrogens with zero attached hydrogens (tertiary/aromatic N) is 3. The number of amides is 1. The first-order chi connectivity index (χ1) is 10.1. The minimum Gasteiger partial charge on any atom is -0.380 e. The van der Waals surface area contributed by atoms with E-state index in [4.69, 9.17) is 0 Å². The van der Waals surface area contributed by atoms with Crippen LogP contribution < -0.4 is 0 Å². The van der Waals surface area contributed by atoms with Crippen LogP contribution in [0.4, 0.5) is 0 Å². The fourth-order valence-electron chi connectivity index (χ4n) is 2.77. The summed E-state index contributed by atoms with van der Waals surface area (Å²) >= 11 is 0. The van der Waals surface area contributed by atoms with Gasteiger partial charge in [0.1, 0.15) is 5.60 Å². The van der Waals surface area contributed by atoms with Gasteiger partial charge >= 0.3 is 0 Å². The van der Waals surface area contributed by atoms with E-state index in [1.807, 2.05) is 34.9 Å². The maximum Gasteiger partial charge on any atom is 0.255 e. The van der Waals surface area contributed by atoms with Gasteiger partial charge in [0.15, 0.2) is 0 Å². The molecule has 1 aromatic carbocycles. The maximum atomic E-state index is 12.6. The van der Waals surface area contributed by atoms with Gasteiger partial charge in [0.25, 0.3) is 5.91 Å². The van der Waals surface area contributed by atoms with Gasteiger partial charge in [-0.05, 0) is 12.5 Å². The largest absolute Gasteiger partial charge is 0.380 e. The highest BCUT2D eigenvalue weighted by Gasteiger charge is 2.35. The van der Waals surface area contributed by atoms with Gasteiger partial charge in [-0.1, -0.05) is 30.3 Å². The Morgan fingerprint density at radius 1 is 1.33 bits per heavy atom. The Morgan fingerprint density at radius 2 is 2.10 bits per heavy atom. The molecule has 2 aromatic rings. The lowest BCUT2D eigenvalue weighted by atomic mass is 9.94. The summed E-state index contributed by atoms with van der Waals surface area (Å²) in [5.41, 5.74) is 0.576. The molecule has 0 saturated carbocycles. The number of carbonyl (C=O) groups excluding carboxylic acids is 1. The highest BCUT2D eigenvalue weighted by molar-refractivity contribution is 5.85. The first kappa shape index (κ1) is 13.8. The number of imidazole rings is 1. The third kappa shape index (κ3) is 2.83. The van der Waals surface area contributed by atoms with E-state index >= 15 is 0 Å². The molecule has 1 aromatic heterocycles. The second-order valence-electron chi connectivity index (χ2n) is 5.74. The minimum absolute atomic E-state index is 0.223. The van der Waals surface area contributed by atoms with E-state index in [0.717, 1.165) is 17.8 Å². The van der Waals surface area contributed by atoms with Crippen LogP contribution in [0.25, 0.3) is 0 Å². The summed E-state index contributed by atoms with van der Waals surface area (Å²) in [5.74, 6) is -0.223. The highest BCUT2D eigenvalue weighted by Crippen LogP contribution is 2.20. The van der Waals surface area contributed by atoms with Gasteiger partial charge < -0.3 is 14.6 Å². The lowest BCUT2D eigenvalue weighted by molar-refractivity contribution is -0.151. The Labute approximate surface area is 123 Å². The zero-order valence-electron chi connectivity index (χ0n) is 12.1. The molecule has 0 saturated heterocycles. The molecule has 1 atom stereocenters. The fourth-order valence-corrected chi connectivity index (χ4v) is 2.77. The van der Waals surface area contributed by atoms with Crippen LogP contribution in [0.1, 0.15) is 18.2 Å². The Hall–Kier alpha value is -2.14. The van der Waals surface area contributed by atoms with Crippen molar-refractivity contribution in [3.05, 3.63) is 54.1 Å². The molecule has 5 heteroatoms. The molecule has 1 unspecified atom stereocenters. The van der Waals surface area contributed by atoms with Crippen LogP contribution in [0.15, 0.2) is 42.9 Å². The highest BCUT2D eigenvalue weighted by atomic mass is 16.3. The Bertz CT molecular complexity index is 634. The first-order valence-electron chi connectivity index (χ1n) is 7.11. The Balaban J connectivity index is 1.72. The SMILES string of the molecule is CC(O)(Cc1ccccc1)C(=O)N1CCn2cncc2C1. The first-order valence-corrected chi connectivity index (χ1v) is 7.11. The molecular formula is C16H19N3O2. The molecule has 2 heterocycles. The molecule has 110 valence electrons. The molecule has 1 N–H and O–H groups in total. The number of aliphatic hydroxyl groups is 1. The molecular weight excluding hydrogens is 266 g/mol. The van der Waals surface area contributed by atoms with Crippen molar-refractivity contribution in [1.29, 1.82) is 0 Å².